The number of ether oxygens (including phenoxy) is 2. The van der Waals surface area contributed by atoms with Crippen LogP contribution in [0.25, 0.3) is 0 Å². The molecule has 33 heavy (non-hydrogen) atoms. The number of amides is 1. The second-order valence-electron chi connectivity index (χ2n) is 6.83. The fourth-order valence-corrected chi connectivity index (χ4v) is 3.73. The van der Waals surface area contributed by atoms with Gasteiger partial charge in [0.05, 0.1) is 23.8 Å². The van der Waals surface area contributed by atoms with Crippen LogP contribution in [0.3, 0.4) is 0 Å². The van der Waals surface area contributed by atoms with Crippen LogP contribution >= 0.6 is 43.5 Å². The van der Waals surface area contributed by atoms with Gasteiger partial charge >= 0.3 is 0 Å². The maximum absolute atomic E-state index is 12.0. The molecule has 0 aromatic heterocycles. The molecule has 2 N–H and O–H groups in total. The predicted molar refractivity (Wildman–Crippen MR) is 139 cm³/mol. The van der Waals surface area contributed by atoms with E-state index in [1.54, 1.807) is 30.5 Å². The zero-order valence-corrected chi connectivity index (χ0v) is 21.7. The summed E-state index contributed by atoms with van der Waals surface area (Å²) in [5.41, 5.74) is 5.07. The number of anilines is 1. The lowest BCUT2D eigenvalue weighted by Gasteiger charge is -2.14. The van der Waals surface area contributed by atoms with E-state index in [0.717, 1.165) is 25.8 Å². The normalized spacial score (nSPS) is 10.8. The van der Waals surface area contributed by atoms with Crippen molar-refractivity contribution in [2.45, 2.75) is 13.5 Å². The molecule has 0 heterocycles. The van der Waals surface area contributed by atoms with E-state index in [1.807, 2.05) is 43.3 Å². The van der Waals surface area contributed by atoms with E-state index < -0.39 is 0 Å². The molecule has 0 saturated carbocycles. The second-order valence-corrected chi connectivity index (χ2v) is 9.04. The SMILES string of the molecule is CCOc1cc(/C=N\NC(=O)CNc2ccc(Cl)cc2)cc(Br)c1OCc1ccc(Br)cc1. The van der Waals surface area contributed by atoms with Crippen LogP contribution in [0.1, 0.15) is 18.1 Å². The first-order chi connectivity index (χ1) is 15.9. The number of hydrazone groups is 1. The number of nitrogens with zero attached hydrogens (tertiary/aromatic N) is 1. The van der Waals surface area contributed by atoms with E-state index in [2.05, 4.69) is 47.7 Å². The highest BCUT2D eigenvalue weighted by molar-refractivity contribution is 9.10. The van der Waals surface area contributed by atoms with E-state index in [-0.39, 0.29) is 12.5 Å². The molecule has 3 aromatic rings. The molecule has 0 bridgehead atoms. The Morgan fingerprint density at radius 3 is 2.48 bits per heavy atom. The van der Waals surface area contributed by atoms with Gasteiger partial charge in [0, 0.05) is 15.2 Å². The molecule has 0 aliphatic carbocycles. The van der Waals surface area contributed by atoms with Crippen LogP contribution < -0.4 is 20.2 Å². The molecule has 0 aliphatic rings. The average Bonchev–Trinajstić information content (AvgIpc) is 2.79. The maximum atomic E-state index is 12.0. The van der Waals surface area contributed by atoms with Crippen molar-refractivity contribution in [1.82, 2.24) is 5.43 Å². The highest BCUT2D eigenvalue weighted by Gasteiger charge is 2.12. The van der Waals surface area contributed by atoms with Gasteiger partial charge in [0.1, 0.15) is 6.61 Å². The molecule has 0 spiro atoms. The minimum absolute atomic E-state index is 0.0791. The van der Waals surface area contributed by atoms with Gasteiger partial charge in [-0.15, -0.1) is 0 Å². The summed E-state index contributed by atoms with van der Waals surface area (Å²) in [6.45, 7) is 2.86. The number of hydrogen-bond acceptors (Lipinski definition) is 5. The van der Waals surface area contributed by atoms with Crippen LogP contribution in [0, 0.1) is 0 Å². The molecule has 3 aromatic carbocycles. The number of benzene rings is 3. The zero-order valence-electron chi connectivity index (χ0n) is 17.8. The van der Waals surface area contributed by atoms with Gasteiger partial charge in [-0.05, 0) is 82.5 Å². The Labute approximate surface area is 214 Å². The lowest BCUT2D eigenvalue weighted by atomic mass is 10.2. The molecule has 0 unspecified atom stereocenters. The van der Waals surface area contributed by atoms with Crippen molar-refractivity contribution in [3.63, 3.8) is 0 Å². The molecule has 0 radical (unpaired) electrons. The van der Waals surface area contributed by atoms with E-state index in [4.69, 9.17) is 21.1 Å². The summed E-state index contributed by atoms with van der Waals surface area (Å²) < 4.78 is 13.5. The van der Waals surface area contributed by atoms with Crippen LogP contribution in [0.4, 0.5) is 5.69 Å². The Bertz CT molecular complexity index is 1110. The molecule has 0 atom stereocenters. The number of hydrogen-bond donors (Lipinski definition) is 2. The number of carbonyl (C=O) groups excluding carboxylic acids is 1. The number of carbonyl (C=O) groups is 1. The summed E-state index contributed by atoms with van der Waals surface area (Å²) >= 11 is 12.8. The van der Waals surface area contributed by atoms with Gasteiger partial charge in [0.2, 0.25) is 0 Å². The largest absolute Gasteiger partial charge is 0.490 e. The van der Waals surface area contributed by atoms with Crippen LogP contribution in [0.2, 0.25) is 5.02 Å². The molecule has 9 heteroatoms. The van der Waals surface area contributed by atoms with Crippen LogP contribution in [0.15, 0.2) is 74.7 Å². The van der Waals surface area contributed by atoms with Crippen molar-refractivity contribution in [2.24, 2.45) is 5.10 Å². The van der Waals surface area contributed by atoms with Gasteiger partial charge in [0.25, 0.3) is 5.91 Å². The first kappa shape index (κ1) is 25.1. The van der Waals surface area contributed by atoms with Gasteiger partial charge in [-0.1, -0.05) is 39.7 Å². The topological polar surface area (TPSA) is 72.0 Å². The molecule has 1 amide bonds. The Morgan fingerprint density at radius 1 is 1.06 bits per heavy atom. The highest BCUT2D eigenvalue weighted by Crippen LogP contribution is 2.37. The molecule has 6 nitrogen and oxygen atoms in total. The zero-order chi connectivity index (χ0) is 23.6. The fraction of sp³-hybridized carbons (Fsp3) is 0.167. The smallest absolute Gasteiger partial charge is 0.259 e. The van der Waals surface area contributed by atoms with Crippen molar-refractivity contribution in [3.05, 3.63) is 85.8 Å². The Morgan fingerprint density at radius 2 is 1.79 bits per heavy atom. The average molecular weight is 596 g/mol. The van der Waals surface area contributed by atoms with Crippen molar-refractivity contribution in [3.8, 4) is 11.5 Å². The Hall–Kier alpha value is -2.55. The molecular weight excluding hydrogens is 574 g/mol. The molecule has 0 fully saturated rings. The summed E-state index contributed by atoms with van der Waals surface area (Å²) in [5.74, 6) is 0.911. The summed E-state index contributed by atoms with van der Waals surface area (Å²) in [7, 11) is 0. The Balaban J connectivity index is 1.60. The fourth-order valence-electron chi connectivity index (χ4n) is 2.77. The number of nitrogens with one attached hydrogen (secondary N) is 2. The third kappa shape index (κ3) is 8.07. The first-order valence-electron chi connectivity index (χ1n) is 10.1. The van der Waals surface area contributed by atoms with Gasteiger partial charge < -0.3 is 14.8 Å². The third-order valence-electron chi connectivity index (χ3n) is 4.33. The van der Waals surface area contributed by atoms with Gasteiger partial charge in [-0.25, -0.2) is 5.43 Å². The Kier molecular flexibility index (Phi) is 9.60. The summed E-state index contributed by atoms with van der Waals surface area (Å²) in [6.07, 6.45) is 1.55. The highest BCUT2D eigenvalue weighted by atomic mass is 79.9. The molecule has 0 saturated heterocycles. The molecule has 172 valence electrons. The van der Waals surface area contributed by atoms with Gasteiger partial charge in [0.15, 0.2) is 11.5 Å². The third-order valence-corrected chi connectivity index (χ3v) is 5.70. The maximum Gasteiger partial charge on any atom is 0.259 e. The number of halogens is 3. The van der Waals surface area contributed by atoms with Crippen molar-refractivity contribution < 1.29 is 14.3 Å². The quantitative estimate of drug-likeness (QED) is 0.210. The minimum Gasteiger partial charge on any atom is -0.490 e. The minimum atomic E-state index is -0.278. The van der Waals surface area contributed by atoms with E-state index in [9.17, 15) is 4.79 Å². The molecular formula is C24H22Br2ClN3O3. The van der Waals surface area contributed by atoms with Crippen molar-refractivity contribution in [2.75, 3.05) is 18.5 Å². The van der Waals surface area contributed by atoms with Gasteiger partial charge in [-0.2, -0.15) is 5.10 Å². The lowest BCUT2D eigenvalue weighted by molar-refractivity contribution is -0.119. The summed E-state index contributed by atoms with van der Waals surface area (Å²) in [4.78, 5) is 12.0. The summed E-state index contributed by atoms with van der Waals surface area (Å²) in [6, 6.07) is 18.7. The predicted octanol–water partition coefficient (Wildman–Crippen LogP) is 6.40. The number of rotatable bonds is 10. The van der Waals surface area contributed by atoms with E-state index in [1.165, 1.54) is 0 Å². The van der Waals surface area contributed by atoms with Crippen molar-refractivity contribution >= 4 is 61.3 Å². The molecule has 0 aliphatic heterocycles. The standard InChI is InChI=1S/C24H22Br2ClN3O3/c1-2-32-22-12-17(11-21(26)24(22)33-15-16-3-5-18(25)6-4-16)13-29-30-23(31)14-28-20-9-7-19(27)8-10-20/h3-13,28H,2,14-15H2,1H3,(H,30,31)/b29-13-. The monoisotopic (exact) mass is 593 g/mol. The summed E-state index contributed by atoms with van der Waals surface area (Å²) in [5, 5.41) is 7.67. The molecule has 3 rings (SSSR count). The van der Waals surface area contributed by atoms with Crippen LogP contribution in [-0.4, -0.2) is 25.3 Å². The second kappa shape index (κ2) is 12.6. The van der Waals surface area contributed by atoms with Gasteiger partial charge in [-0.3, -0.25) is 4.79 Å². The lowest BCUT2D eigenvalue weighted by Crippen LogP contribution is -2.25. The van der Waals surface area contributed by atoms with Crippen LogP contribution in [-0.2, 0) is 11.4 Å². The van der Waals surface area contributed by atoms with E-state index >= 15 is 0 Å². The van der Waals surface area contributed by atoms with Crippen molar-refractivity contribution in [1.29, 1.82) is 0 Å². The first-order valence-corrected chi connectivity index (χ1v) is 12.1. The van der Waals surface area contributed by atoms with E-state index in [0.29, 0.717) is 29.7 Å². The van der Waals surface area contributed by atoms with Crippen LogP contribution in [0.5, 0.6) is 11.5 Å².